The van der Waals surface area contributed by atoms with Crippen molar-refractivity contribution in [1.29, 1.82) is 0 Å². The van der Waals surface area contributed by atoms with Crippen molar-refractivity contribution in [2.75, 3.05) is 20.7 Å². The molecule has 1 saturated heterocycles. The van der Waals surface area contributed by atoms with Crippen molar-refractivity contribution in [2.24, 2.45) is 7.05 Å². The van der Waals surface area contributed by atoms with Crippen LogP contribution in [0, 0.1) is 0 Å². The Morgan fingerprint density at radius 1 is 0.980 bits per heavy atom. The average Bonchev–Trinajstić information content (AvgIpc) is 3.61. The Morgan fingerprint density at radius 3 is 2.49 bits per heavy atom. The molecule has 2 bridgehead atoms. The van der Waals surface area contributed by atoms with Gasteiger partial charge in [-0.2, -0.15) is 5.10 Å². The Balaban J connectivity index is 1.23. The Morgan fingerprint density at radius 2 is 1.78 bits per heavy atom. The molecule has 9 rings (SSSR count). The van der Waals surface area contributed by atoms with Gasteiger partial charge in [-0.05, 0) is 84.7 Å². The predicted molar refractivity (Wildman–Crippen MR) is 196 cm³/mol. The van der Waals surface area contributed by atoms with Crippen LogP contribution in [0.25, 0.3) is 33.8 Å². The number of allylic oxidation sites excluding steroid dienone is 1. The van der Waals surface area contributed by atoms with Crippen LogP contribution in [-0.4, -0.2) is 76.4 Å². The standard InChI is InChI=1S/C39H42N6O5S/c1-42-21-28-18-27(42)22-44(28)39(47)33-19-40-43(2)36(33)26-15-25-16-29(50-3)10-14-31(25)37-35(23-7-5-4-6-8-23)32-13-9-24(17-34(32)45(37)20-26)38(46)41-51(48,49)30-11-12-30/h9-10,13-17,19,22-23,28,30H,4-8,11-12,18,20-21H2,1-3H3,(H,41,46). The molecule has 3 aliphatic heterocycles. The van der Waals surface area contributed by atoms with Gasteiger partial charge in [-0.1, -0.05) is 25.3 Å². The molecule has 2 amide bonds. The fourth-order valence-corrected chi connectivity index (χ4v) is 10.1. The zero-order valence-corrected chi connectivity index (χ0v) is 30.0. The van der Waals surface area contributed by atoms with E-state index < -0.39 is 21.2 Å². The fraction of sp³-hybridized carbons (Fsp3) is 0.410. The van der Waals surface area contributed by atoms with Crippen LogP contribution in [0.2, 0.25) is 0 Å². The molecule has 5 aliphatic rings. The molecular formula is C39H42N6O5S. The number of hydrogen-bond donors (Lipinski definition) is 1. The third kappa shape index (κ3) is 5.29. The van der Waals surface area contributed by atoms with Gasteiger partial charge in [0.2, 0.25) is 10.0 Å². The molecule has 2 saturated carbocycles. The van der Waals surface area contributed by atoms with E-state index in [1.807, 2.05) is 42.4 Å². The molecule has 5 heterocycles. The summed E-state index contributed by atoms with van der Waals surface area (Å²) in [5.74, 6) is 0.370. The number of rotatable bonds is 7. The molecule has 0 radical (unpaired) electrons. The maximum atomic E-state index is 14.3. The zero-order valence-electron chi connectivity index (χ0n) is 29.2. The summed E-state index contributed by atoms with van der Waals surface area (Å²) >= 11 is 0. The Labute approximate surface area is 297 Å². The topological polar surface area (TPSA) is 119 Å². The maximum absolute atomic E-state index is 14.3. The summed E-state index contributed by atoms with van der Waals surface area (Å²) in [6.45, 7) is 1.22. The minimum absolute atomic E-state index is 0.0708. The van der Waals surface area contributed by atoms with Crippen molar-refractivity contribution in [3.8, 4) is 17.0 Å². The van der Waals surface area contributed by atoms with Crippen LogP contribution in [0.15, 0.2) is 54.5 Å². The third-order valence-electron chi connectivity index (χ3n) is 11.6. The Bertz CT molecular complexity index is 2310. The smallest absolute Gasteiger partial charge is 0.264 e. The number of amides is 2. The number of aromatic nitrogens is 3. The molecule has 3 fully saturated rings. The van der Waals surface area contributed by atoms with E-state index in [2.05, 4.69) is 38.5 Å². The molecule has 264 valence electrons. The van der Waals surface area contributed by atoms with Gasteiger partial charge in [0, 0.05) is 61.0 Å². The van der Waals surface area contributed by atoms with Gasteiger partial charge in [-0.3, -0.25) is 14.3 Å². The van der Waals surface area contributed by atoms with Gasteiger partial charge in [0.1, 0.15) is 5.75 Å². The van der Waals surface area contributed by atoms with E-state index >= 15 is 0 Å². The van der Waals surface area contributed by atoms with Crippen LogP contribution >= 0.6 is 0 Å². The monoisotopic (exact) mass is 706 g/mol. The fourth-order valence-electron chi connectivity index (χ4n) is 8.81. The molecule has 4 aromatic rings. The summed E-state index contributed by atoms with van der Waals surface area (Å²) in [7, 11) is 1.88. The summed E-state index contributed by atoms with van der Waals surface area (Å²) in [5, 5.41) is 5.18. The van der Waals surface area contributed by atoms with Gasteiger partial charge < -0.3 is 19.1 Å². The normalized spacial score (nSPS) is 20.2. The van der Waals surface area contributed by atoms with E-state index in [-0.39, 0.29) is 11.9 Å². The van der Waals surface area contributed by atoms with Crippen LogP contribution in [0.5, 0.6) is 5.75 Å². The summed E-state index contributed by atoms with van der Waals surface area (Å²) < 4.78 is 37.6. The largest absolute Gasteiger partial charge is 0.497 e. The first-order valence-electron chi connectivity index (χ1n) is 18.0. The molecule has 51 heavy (non-hydrogen) atoms. The Hall–Kier alpha value is -4.84. The number of methoxy groups -OCH3 is 1. The number of aryl methyl sites for hydroxylation is 1. The SMILES string of the molecule is COc1ccc2c(c1)C=C(c1c(C(=O)N3C=C4CC3CN4C)cnn1C)Cn1c-2c(C2CCCCC2)c2ccc(C(=O)NS(=O)(=O)C3CC3)cc21. The van der Waals surface area contributed by atoms with Crippen molar-refractivity contribution in [1.82, 2.24) is 28.9 Å². The van der Waals surface area contributed by atoms with Crippen molar-refractivity contribution in [2.45, 2.75) is 75.1 Å². The molecule has 0 spiro atoms. The molecule has 2 aromatic carbocycles. The molecule has 12 heteroatoms. The van der Waals surface area contributed by atoms with Crippen LogP contribution in [0.3, 0.4) is 0 Å². The molecule has 2 aromatic heterocycles. The minimum Gasteiger partial charge on any atom is -0.497 e. The van der Waals surface area contributed by atoms with E-state index in [1.54, 1.807) is 24.1 Å². The number of sulfonamides is 1. The van der Waals surface area contributed by atoms with Crippen LogP contribution in [0.1, 0.15) is 94.8 Å². The van der Waals surface area contributed by atoms with Crippen molar-refractivity contribution in [3.05, 3.63) is 82.4 Å². The number of hydrogen-bond acceptors (Lipinski definition) is 7. The highest BCUT2D eigenvalue weighted by Gasteiger charge is 2.40. The van der Waals surface area contributed by atoms with Gasteiger partial charge in [-0.15, -0.1) is 0 Å². The quantitative estimate of drug-likeness (QED) is 0.255. The van der Waals surface area contributed by atoms with Crippen molar-refractivity contribution < 1.29 is 22.7 Å². The van der Waals surface area contributed by atoms with Crippen molar-refractivity contribution in [3.63, 3.8) is 0 Å². The van der Waals surface area contributed by atoms with Gasteiger partial charge in [0.15, 0.2) is 0 Å². The number of fused-ring (bicyclic) bond motifs is 7. The lowest BCUT2D eigenvalue weighted by Gasteiger charge is -2.27. The van der Waals surface area contributed by atoms with Gasteiger partial charge in [0.25, 0.3) is 11.8 Å². The second kappa shape index (κ2) is 11.9. The van der Waals surface area contributed by atoms with Crippen molar-refractivity contribution >= 4 is 44.4 Å². The number of carbonyl (C=O) groups excluding carboxylic acids is 2. The first-order chi connectivity index (χ1) is 24.6. The van der Waals surface area contributed by atoms with E-state index in [4.69, 9.17) is 4.74 Å². The number of likely N-dealkylation sites (tertiary alicyclic amines) is 1. The summed E-state index contributed by atoms with van der Waals surface area (Å²) in [6.07, 6.45) is 13.5. The van der Waals surface area contributed by atoms with Gasteiger partial charge in [-0.25, -0.2) is 13.1 Å². The molecule has 1 N–H and O–H groups in total. The molecule has 2 aliphatic carbocycles. The van der Waals surface area contributed by atoms with Gasteiger partial charge in [0.05, 0.1) is 48.1 Å². The number of carbonyl (C=O) groups is 2. The third-order valence-corrected chi connectivity index (χ3v) is 13.4. The first kappa shape index (κ1) is 32.1. The maximum Gasteiger partial charge on any atom is 0.264 e. The lowest BCUT2D eigenvalue weighted by Crippen LogP contribution is -2.39. The van der Waals surface area contributed by atoms with E-state index in [0.29, 0.717) is 36.4 Å². The molecule has 1 atom stereocenters. The summed E-state index contributed by atoms with van der Waals surface area (Å²) in [6, 6.07) is 11.8. The van der Waals surface area contributed by atoms with E-state index in [0.717, 1.165) is 89.1 Å². The second-order valence-electron chi connectivity index (χ2n) is 14.8. The van der Waals surface area contributed by atoms with Gasteiger partial charge >= 0.3 is 0 Å². The van der Waals surface area contributed by atoms with E-state index in [1.165, 1.54) is 12.0 Å². The number of likely N-dealkylation sites (N-methyl/N-ethyl adjacent to an activating group) is 1. The van der Waals surface area contributed by atoms with Crippen LogP contribution in [0.4, 0.5) is 0 Å². The summed E-state index contributed by atoms with van der Waals surface area (Å²) in [5.41, 5.74) is 8.86. The van der Waals surface area contributed by atoms with Crippen LogP contribution in [-0.2, 0) is 23.6 Å². The minimum atomic E-state index is -3.72. The molecule has 11 nitrogen and oxygen atoms in total. The molecule has 1 unspecified atom stereocenters. The Kier molecular flexibility index (Phi) is 7.47. The number of nitrogens with zero attached hydrogens (tertiary/aromatic N) is 5. The van der Waals surface area contributed by atoms with E-state index in [9.17, 15) is 18.0 Å². The lowest BCUT2D eigenvalue weighted by atomic mass is 9.81. The summed E-state index contributed by atoms with van der Waals surface area (Å²) in [4.78, 5) is 31.8. The zero-order chi connectivity index (χ0) is 35.2. The highest BCUT2D eigenvalue weighted by Crippen LogP contribution is 2.48. The first-order valence-corrected chi connectivity index (χ1v) is 19.5. The number of ether oxygens (including phenoxy) is 1. The van der Waals surface area contributed by atoms with Crippen LogP contribution < -0.4 is 9.46 Å². The lowest BCUT2D eigenvalue weighted by molar-refractivity contribution is 0.0771. The molecular weight excluding hydrogens is 665 g/mol. The predicted octanol–water partition coefficient (Wildman–Crippen LogP) is 5.88. The second-order valence-corrected chi connectivity index (χ2v) is 16.8. The number of nitrogens with one attached hydrogen (secondary N) is 1. The average molecular weight is 707 g/mol. The number of benzene rings is 2. The highest BCUT2D eigenvalue weighted by atomic mass is 32.2. The highest BCUT2D eigenvalue weighted by molar-refractivity contribution is 7.91.